The second-order valence-corrected chi connectivity index (χ2v) is 8.21. The monoisotopic (exact) mass is 440 g/mol. The van der Waals surface area contributed by atoms with E-state index in [9.17, 15) is 19.1 Å². The minimum Gasteiger partial charge on any atom is -0.872 e. The number of ether oxygens (including phenoxy) is 1. The van der Waals surface area contributed by atoms with E-state index < -0.39 is 29.3 Å². The molecule has 1 fully saturated rings. The Morgan fingerprint density at radius 1 is 1.09 bits per heavy atom. The molecule has 2 aromatic rings. The molecule has 1 amide bonds. The van der Waals surface area contributed by atoms with Gasteiger partial charge in [-0.25, -0.2) is 4.39 Å². The van der Waals surface area contributed by atoms with Crippen LogP contribution in [0.1, 0.15) is 36.9 Å². The third-order valence-electron chi connectivity index (χ3n) is 5.38. The van der Waals surface area contributed by atoms with Gasteiger partial charge in [0.25, 0.3) is 5.91 Å². The molecule has 170 valence electrons. The van der Waals surface area contributed by atoms with E-state index >= 15 is 0 Å². The van der Waals surface area contributed by atoms with Crippen LogP contribution in [0.3, 0.4) is 0 Å². The maximum atomic E-state index is 13.5. The highest BCUT2D eigenvalue weighted by molar-refractivity contribution is 6.46. The van der Waals surface area contributed by atoms with E-state index in [0.717, 1.165) is 13.0 Å². The molecule has 1 N–H and O–H groups in total. The van der Waals surface area contributed by atoms with E-state index in [0.29, 0.717) is 36.4 Å². The first kappa shape index (κ1) is 23.5. The van der Waals surface area contributed by atoms with Crippen LogP contribution in [0.15, 0.2) is 54.1 Å². The average Bonchev–Trinajstić information content (AvgIpc) is 3.03. The van der Waals surface area contributed by atoms with Gasteiger partial charge in [0.1, 0.15) is 11.6 Å². The molecule has 3 rings (SSSR count). The maximum absolute atomic E-state index is 13.5. The summed E-state index contributed by atoms with van der Waals surface area (Å²) in [6.45, 7) is 3.70. The Hall–Kier alpha value is -3.19. The largest absolute Gasteiger partial charge is 0.872 e. The van der Waals surface area contributed by atoms with Crippen LogP contribution in [0.2, 0.25) is 0 Å². The van der Waals surface area contributed by atoms with Crippen LogP contribution in [-0.4, -0.2) is 50.4 Å². The Bertz CT molecular complexity index is 984. The molecule has 0 aromatic heterocycles. The van der Waals surface area contributed by atoms with Gasteiger partial charge in [-0.1, -0.05) is 36.9 Å². The Morgan fingerprint density at radius 3 is 2.34 bits per heavy atom. The van der Waals surface area contributed by atoms with E-state index in [1.54, 1.807) is 24.3 Å². The van der Waals surface area contributed by atoms with Gasteiger partial charge in [-0.15, -0.1) is 0 Å². The summed E-state index contributed by atoms with van der Waals surface area (Å²) < 4.78 is 19.1. The van der Waals surface area contributed by atoms with Gasteiger partial charge in [0.2, 0.25) is 5.78 Å². The second-order valence-electron chi connectivity index (χ2n) is 8.21. The number of ketones is 1. The van der Waals surface area contributed by atoms with Crippen molar-refractivity contribution in [3.05, 3.63) is 71.0 Å². The van der Waals surface area contributed by atoms with Gasteiger partial charge >= 0.3 is 0 Å². The van der Waals surface area contributed by atoms with Gasteiger partial charge in [-0.3, -0.25) is 9.59 Å². The summed E-state index contributed by atoms with van der Waals surface area (Å²) >= 11 is 0. The molecule has 0 saturated carbocycles. The molecule has 1 aliphatic heterocycles. The van der Waals surface area contributed by atoms with Crippen molar-refractivity contribution >= 4 is 17.4 Å². The summed E-state index contributed by atoms with van der Waals surface area (Å²) in [4.78, 5) is 28.4. The number of hydrogen-bond donors (Lipinski definition) is 1. The molecule has 6 nitrogen and oxygen atoms in total. The highest BCUT2D eigenvalue weighted by Gasteiger charge is 2.43. The zero-order valence-electron chi connectivity index (χ0n) is 18.7. The van der Waals surface area contributed by atoms with Crippen molar-refractivity contribution in [3.63, 3.8) is 0 Å². The summed E-state index contributed by atoms with van der Waals surface area (Å²) in [6, 6.07) is 11.3. The van der Waals surface area contributed by atoms with Gasteiger partial charge in [-0.2, -0.15) is 0 Å². The molecule has 1 unspecified atom stereocenters. The van der Waals surface area contributed by atoms with Crippen LogP contribution in [0.5, 0.6) is 5.75 Å². The molecule has 0 bridgehead atoms. The smallest absolute Gasteiger partial charge is 0.295 e. The molecule has 2 aromatic carbocycles. The van der Waals surface area contributed by atoms with E-state index in [1.165, 1.54) is 34.1 Å². The first-order valence-corrected chi connectivity index (χ1v) is 10.9. The van der Waals surface area contributed by atoms with Gasteiger partial charge < -0.3 is 19.6 Å². The van der Waals surface area contributed by atoms with E-state index in [1.807, 2.05) is 21.0 Å². The molecule has 32 heavy (non-hydrogen) atoms. The number of amides is 1. The van der Waals surface area contributed by atoms with E-state index in [2.05, 4.69) is 0 Å². The molecule has 0 aliphatic carbocycles. The fraction of sp³-hybridized carbons (Fsp3) is 0.360. The Morgan fingerprint density at radius 2 is 1.75 bits per heavy atom. The lowest BCUT2D eigenvalue weighted by molar-refractivity contribution is -0.858. The van der Waals surface area contributed by atoms with Crippen LogP contribution < -0.4 is 14.7 Å². The minimum atomic E-state index is -0.837. The lowest BCUT2D eigenvalue weighted by Gasteiger charge is -2.27. The van der Waals surface area contributed by atoms with Crippen molar-refractivity contribution in [1.82, 2.24) is 4.90 Å². The van der Waals surface area contributed by atoms with E-state index in [4.69, 9.17) is 4.74 Å². The zero-order valence-corrected chi connectivity index (χ0v) is 18.7. The average molecular weight is 441 g/mol. The predicted molar refractivity (Wildman–Crippen MR) is 117 cm³/mol. The molecular formula is C25H29FN2O4. The summed E-state index contributed by atoms with van der Waals surface area (Å²) in [5, 5.41) is 13.4. The number of nitrogens with one attached hydrogen (secondary N) is 1. The first-order chi connectivity index (χ1) is 15.3. The summed E-state index contributed by atoms with van der Waals surface area (Å²) in [5.41, 5.74) is 0.742. The standard InChI is InChI=1S/C25H29FN2O4/c1-4-16-32-20-12-8-18(9-13-20)23(29)21-22(17-6-10-19(26)11-7-17)28(25(31)24(21)30)15-5-14-27(2)3/h6-13,22,29H,4-5,14-16H2,1-3H3. The summed E-state index contributed by atoms with van der Waals surface area (Å²) in [6.07, 6.45) is 1.53. The molecule has 1 heterocycles. The number of nitrogens with zero attached hydrogens (tertiary/aromatic N) is 1. The van der Waals surface area contributed by atoms with Gasteiger partial charge in [0.15, 0.2) is 0 Å². The molecule has 1 aliphatic rings. The maximum Gasteiger partial charge on any atom is 0.295 e. The van der Waals surface area contributed by atoms with Crippen molar-refractivity contribution in [2.75, 3.05) is 33.8 Å². The Kier molecular flexibility index (Phi) is 7.64. The van der Waals surface area contributed by atoms with Crippen LogP contribution in [0.25, 0.3) is 5.76 Å². The van der Waals surface area contributed by atoms with Crippen LogP contribution >= 0.6 is 0 Å². The molecule has 1 atom stereocenters. The third-order valence-corrected chi connectivity index (χ3v) is 5.38. The fourth-order valence-corrected chi connectivity index (χ4v) is 3.77. The molecule has 7 heteroatoms. The van der Waals surface area contributed by atoms with Gasteiger partial charge in [0, 0.05) is 18.5 Å². The third kappa shape index (κ3) is 5.16. The highest BCUT2D eigenvalue weighted by Crippen LogP contribution is 2.38. The number of benzene rings is 2. The number of likely N-dealkylation sites (tertiary alicyclic amines) is 1. The van der Waals surface area contributed by atoms with Crippen molar-refractivity contribution in [2.45, 2.75) is 25.8 Å². The number of rotatable bonds is 9. The quantitative estimate of drug-likeness (QED) is 0.363. The summed E-state index contributed by atoms with van der Waals surface area (Å²) in [5.74, 6) is -1.79. The van der Waals surface area contributed by atoms with Crippen LogP contribution in [0, 0.1) is 5.82 Å². The van der Waals surface area contributed by atoms with Crippen LogP contribution in [-0.2, 0) is 9.59 Å². The molecule has 0 spiro atoms. The van der Waals surface area contributed by atoms with Gasteiger partial charge in [0.05, 0.1) is 33.3 Å². The number of carbonyl (C=O) groups excluding carboxylic acids is 2. The van der Waals surface area contributed by atoms with E-state index in [-0.39, 0.29) is 5.57 Å². The molecule has 1 saturated heterocycles. The normalized spacial score (nSPS) is 17.9. The number of carbonyl (C=O) groups is 2. The van der Waals surface area contributed by atoms with Gasteiger partial charge in [-0.05, 0) is 41.8 Å². The van der Waals surface area contributed by atoms with Crippen molar-refractivity contribution in [1.29, 1.82) is 0 Å². The summed E-state index contributed by atoms with van der Waals surface area (Å²) in [7, 11) is 4.01. The number of halogens is 1. The van der Waals surface area contributed by atoms with Crippen LogP contribution in [0.4, 0.5) is 4.39 Å². The molecule has 0 radical (unpaired) electrons. The predicted octanol–water partition coefficient (Wildman–Crippen LogP) is 1.37. The Labute approximate surface area is 187 Å². The zero-order chi connectivity index (χ0) is 23.3. The first-order valence-electron chi connectivity index (χ1n) is 10.9. The SMILES string of the molecule is CCCOc1ccc(C([O-])=C2C(=O)C(=O)N(CCC[NH+](C)C)C2c2ccc(F)cc2)cc1. The minimum absolute atomic E-state index is 0.0963. The van der Waals surface area contributed by atoms with Crippen molar-refractivity contribution < 1.29 is 28.7 Å². The topological polar surface area (TPSA) is 74.1 Å². The van der Waals surface area contributed by atoms with Crippen molar-refractivity contribution in [3.8, 4) is 5.75 Å². The lowest BCUT2D eigenvalue weighted by Crippen LogP contribution is -3.05. The number of Topliss-reactive ketones (excluding diaryl/α,β-unsaturated/α-hetero) is 1. The fourth-order valence-electron chi connectivity index (χ4n) is 3.77. The Balaban J connectivity index is 2.01. The number of hydrogen-bond acceptors (Lipinski definition) is 4. The lowest BCUT2D eigenvalue weighted by atomic mass is 9.95. The number of quaternary nitrogens is 1. The highest BCUT2D eigenvalue weighted by atomic mass is 19.1. The molecular weight excluding hydrogens is 411 g/mol. The second kappa shape index (κ2) is 10.4. The van der Waals surface area contributed by atoms with Crippen molar-refractivity contribution in [2.24, 2.45) is 0 Å².